The number of ketones is 2. The fourth-order valence-corrected chi connectivity index (χ4v) is 7.80. The SMILES string of the molecule is C=C1[C@H]2CC[C@H]3[C@]45CO[C@H](CC4=O)C(C)(C)[C@H]5[C@H](OC(C)=O)C(=O)[C@@]3(C2)[C@@H]1O. The summed E-state index contributed by atoms with van der Waals surface area (Å²) in [4.78, 5) is 39.4. The molecule has 6 aliphatic rings. The minimum atomic E-state index is -1.10. The standard InChI is InChI=1S/C22H28O6/c1-10-12-5-6-13-21(8-12,18(10)25)19(26)16(28-11(2)23)17-20(3,4)15-7-14(24)22(13,17)9-27-15/h12-13,15-18,25H,1,5-9H2,2-4H3/t12-,13+,15+,16-,17+,18+,21+,22+/m0/s1. The fourth-order valence-electron chi connectivity index (χ4n) is 7.80. The zero-order chi connectivity index (χ0) is 20.2. The van der Waals surface area contributed by atoms with Crippen molar-refractivity contribution in [3.63, 3.8) is 0 Å². The van der Waals surface area contributed by atoms with Crippen LogP contribution in [-0.4, -0.2) is 47.6 Å². The third-order valence-corrected chi connectivity index (χ3v) is 8.91. The van der Waals surface area contributed by atoms with Gasteiger partial charge in [0, 0.05) is 19.3 Å². The van der Waals surface area contributed by atoms with E-state index in [0.29, 0.717) is 24.8 Å². The average molecular weight is 388 g/mol. The first-order valence-electron chi connectivity index (χ1n) is 10.3. The molecule has 0 unspecified atom stereocenters. The molecular weight excluding hydrogens is 360 g/mol. The van der Waals surface area contributed by atoms with Gasteiger partial charge in [-0.2, -0.15) is 0 Å². The van der Waals surface area contributed by atoms with Crippen LogP contribution in [0.1, 0.15) is 46.5 Å². The molecule has 2 saturated heterocycles. The molecule has 6 nitrogen and oxygen atoms in total. The van der Waals surface area contributed by atoms with Gasteiger partial charge in [-0.25, -0.2) is 0 Å². The van der Waals surface area contributed by atoms with Crippen LogP contribution in [0.15, 0.2) is 12.2 Å². The Labute approximate surface area is 164 Å². The van der Waals surface area contributed by atoms with Gasteiger partial charge in [0.2, 0.25) is 0 Å². The van der Waals surface area contributed by atoms with Crippen LogP contribution in [-0.2, 0) is 23.9 Å². The lowest BCUT2D eigenvalue weighted by molar-refractivity contribution is -0.276. The molecule has 4 bridgehead atoms. The van der Waals surface area contributed by atoms with E-state index in [2.05, 4.69) is 6.58 Å². The highest BCUT2D eigenvalue weighted by atomic mass is 16.5. The quantitative estimate of drug-likeness (QED) is 0.545. The molecule has 0 aromatic rings. The molecule has 0 aromatic heterocycles. The molecule has 6 fully saturated rings. The number of rotatable bonds is 1. The fraction of sp³-hybridized carbons (Fsp3) is 0.773. The Morgan fingerprint density at radius 3 is 2.61 bits per heavy atom. The number of fused-ring (bicyclic) bond motifs is 3. The maximum absolute atomic E-state index is 13.9. The molecule has 0 amide bonds. The van der Waals surface area contributed by atoms with E-state index in [4.69, 9.17) is 9.47 Å². The van der Waals surface area contributed by atoms with Gasteiger partial charge in [0.25, 0.3) is 0 Å². The summed E-state index contributed by atoms with van der Waals surface area (Å²) in [5, 5.41) is 11.2. The van der Waals surface area contributed by atoms with E-state index in [0.717, 1.165) is 6.42 Å². The first-order valence-corrected chi connectivity index (χ1v) is 10.3. The molecule has 6 heteroatoms. The van der Waals surface area contributed by atoms with Crippen molar-refractivity contribution >= 4 is 17.5 Å². The molecule has 2 spiro atoms. The van der Waals surface area contributed by atoms with E-state index in [1.165, 1.54) is 6.92 Å². The molecule has 6 rings (SSSR count). The van der Waals surface area contributed by atoms with E-state index in [1.54, 1.807) is 0 Å². The van der Waals surface area contributed by atoms with Crippen LogP contribution in [0, 0.1) is 34.0 Å². The minimum absolute atomic E-state index is 0.0742. The van der Waals surface area contributed by atoms with Gasteiger partial charge in [0.15, 0.2) is 11.9 Å². The van der Waals surface area contributed by atoms with E-state index >= 15 is 0 Å². The van der Waals surface area contributed by atoms with Crippen LogP contribution in [0.2, 0.25) is 0 Å². The number of hydrogen-bond acceptors (Lipinski definition) is 6. The zero-order valence-electron chi connectivity index (χ0n) is 16.7. The van der Waals surface area contributed by atoms with Crippen LogP contribution >= 0.6 is 0 Å². The summed E-state index contributed by atoms with van der Waals surface area (Å²) in [7, 11) is 0. The maximum atomic E-state index is 13.9. The van der Waals surface area contributed by atoms with E-state index < -0.39 is 40.3 Å². The summed E-state index contributed by atoms with van der Waals surface area (Å²) in [5.74, 6) is -1.30. The number of esters is 1. The van der Waals surface area contributed by atoms with Crippen molar-refractivity contribution in [1.82, 2.24) is 0 Å². The lowest BCUT2D eigenvalue weighted by atomic mass is 9.37. The Bertz CT molecular complexity index is 814. The Kier molecular flexibility index (Phi) is 3.52. The van der Waals surface area contributed by atoms with Crippen LogP contribution in [0.5, 0.6) is 0 Å². The molecule has 4 saturated carbocycles. The lowest BCUT2D eigenvalue weighted by Gasteiger charge is -2.68. The van der Waals surface area contributed by atoms with Crippen LogP contribution in [0.3, 0.4) is 0 Å². The molecule has 28 heavy (non-hydrogen) atoms. The number of aliphatic hydroxyl groups excluding tert-OH is 1. The Morgan fingerprint density at radius 1 is 1.25 bits per heavy atom. The summed E-state index contributed by atoms with van der Waals surface area (Å²) >= 11 is 0. The van der Waals surface area contributed by atoms with Crippen molar-refractivity contribution < 1.29 is 29.0 Å². The molecule has 4 aliphatic carbocycles. The molecule has 1 N–H and O–H groups in total. The number of carbonyl (C=O) groups excluding carboxylic acids is 3. The Hall–Kier alpha value is -1.53. The molecule has 2 heterocycles. The predicted molar refractivity (Wildman–Crippen MR) is 98.0 cm³/mol. The predicted octanol–water partition coefficient (Wildman–Crippen LogP) is 1.83. The first-order chi connectivity index (χ1) is 13.1. The smallest absolute Gasteiger partial charge is 0.303 e. The average Bonchev–Trinajstić information content (AvgIpc) is 2.81. The van der Waals surface area contributed by atoms with Crippen molar-refractivity contribution in [2.75, 3.05) is 6.61 Å². The van der Waals surface area contributed by atoms with E-state index in [9.17, 15) is 19.5 Å². The monoisotopic (exact) mass is 388 g/mol. The van der Waals surface area contributed by atoms with Crippen LogP contribution in [0.25, 0.3) is 0 Å². The maximum Gasteiger partial charge on any atom is 0.303 e. The second-order valence-electron chi connectivity index (χ2n) is 10.2. The van der Waals surface area contributed by atoms with E-state index in [-0.39, 0.29) is 36.1 Å². The molecule has 152 valence electrons. The van der Waals surface area contributed by atoms with Crippen molar-refractivity contribution in [1.29, 1.82) is 0 Å². The molecular formula is C22H28O6. The van der Waals surface area contributed by atoms with Gasteiger partial charge in [0.05, 0.1) is 29.6 Å². The van der Waals surface area contributed by atoms with Gasteiger partial charge in [-0.1, -0.05) is 20.4 Å². The number of hydrogen-bond donors (Lipinski definition) is 1. The molecule has 8 atom stereocenters. The number of carbonyl (C=O) groups is 3. The molecule has 0 radical (unpaired) electrons. The van der Waals surface area contributed by atoms with E-state index in [1.807, 2.05) is 13.8 Å². The highest BCUT2D eigenvalue weighted by Crippen LogP contribution is 2.72. The van der Waals surface area contributed by atoms with Gasteiger partial charge < -0.3 is 14.6 Å². The second kappa shape index (κ2) is 5.33. The number of Topliss-reactive ketones (excluding diaryl/α,β-unsaturated/α-hetero) is 2. The normalized spacial score (nSPS) is 50.9. The third-order valence-electron chi connectivity index (χ3n) is 8.91. The summed E-state index contributed by atoms with van der Waals surface area (Å²) < 4.78 is 11.8. The molecule has 2 aliphatic heterocycles. The number of aliphatic hydroxyl groups is 1. The summed E-state index contributed by atoms with van der Waals surface area (Å²) in [6, 6.07) is 0. The van der Waals surface area contributed by atoms with Crippen LogP contribution < -0.4 is 0 Å². The topological polar surface area (TPSA) is 89.9 Å². The largest absolute Gasteiger partial charge is 0.454 e. The summed E-state index contributed by atoms with van der Waals surface area (Å²) in [6.45, 7) is 9.63. The van der Waals surface area contributed by atoms with Crippen molar-refractivity contribution in [2.45, 2.75) is 64.8 Å². The second-order valence-corrected chi connectivity index (χ2v) is 10.2. The summed E-state index contributed by atoms with van der Waals surface area (Å²) in [6.07, 6.45) is -0.00521. The minimum Gasteiger partial charge on any atom is -0.454 e. The number of ether oxygens (including phenoxy) is 2. The van der Waals surface area contributed by atoms with Crippen LogP contribution in [0.4, 0.5) is 0 Å². The lowest BCUT2D eigenvalue weighted by Crippen LogP contribution is -2.77. The van der Waals surface area contributed by atoms with Gasteiger partial charge in [-0.3, -0.25) is 14.4 Å². The van der Waals surface area contributed by atoms with Gasteiger partial charge >= 0.3 is 5.97 Å². The van der Waals surface area contributed by atoms with Crippen molar-refractivity contribution in [2.24, 2.45) is 34.0 Å². The van der Waals surface area contributed by atoms with Gasteiger partial charge in [-0.15, -0.1) is 0 Å². The highest BCUT2D eigenvalue weighted by Gasteiger charge is 2.79. The third kappa shape index (κ3) is 1.80. The Morgan fingerprint density at radius 2 is 1.96 bits per heavy atom. The molecule has 0 aromatic carbocycles. The van der Waals surface area contributed by atoms with Gasteiger partial charge in [-0.05, 0) is 42.1 Å². The highest BCUT2D eigenvalue weighted by molar-refractivity contribution is 5.99. The van der Waals surface area contributed by atoms with Gasteiger partial charge in [0.1, 0.15) is 5.78 Å². The van der Waals surface area contributed by atoms with Crippen molar-refractivity contribution in [3.05, 3.63) is 12.2 Å². The first kappa shape index (κ1) is 18.5. The zero-order valence-corrected chi connectivity index (χ0v) is 16.7. The Balaban J connectivity index is 1.76. The van der Waals surface area contributed by atoms with Crippen molar-refractivity contribution in [3.8, 4) is 0 Å². The summed E-state index contributed by atoms with van der Waals surface area (Å²) in [5.41, 5.74) is -1.80.